The first kappa shape index (κ1) is 13.7. The Labute approximate surface area is 113 Å². The maximum absolute atomic E-state index is 12.1. The summed E-state index contributed by atoms with van der Waals surface area (Å²) in [5.74, 6) is -0.0154. The van der Waals surface area contributed by atoms with Gasteiger partial charge in [0.25, 0.3) is 15.7 Å². The van der Waals surface area contributed by atoms with Crippen LogP contribution in [0.3, 0.4) is 0 Å². The molecule has 0 saturated carbocycles. The van der Waals surface area contributed by atoms with Crippen molar-refractivity contribution < 1.29 is 13.3 Å². The van der Waals surface area contributed by atoms with Crippen LogP contribution < -0.4 is 10.5 Å². The maximum atomic E-state index is 12.1. The number of aromatic nitrogens is 2. The molecule has 2 rings (SSSR count). The Hall–Kier alpha value is -2.75. The standard InChI is InChI=1S/C10H9N5O4S/c11-8-2-1-7(15(16)17)5-9(8)20(18,19)14-10-6-12-3-4-13-10/h1-6H,11H2,(H,13,14). The normalized spacial score (nSPS) is 11.0. The molecule has 1 aromatic carbocycles. The zero-order chi connectivity index (χ0) is 14.8. The molecule has 3 N–H and O–H groups in total. The summed E-state index contributed by atoms with van der Waals surface area (Å²) in [6.45, 7) is 0. The van der Waals surface area contributed by atoms with Crippen LogP contribution in [0, 0.1) is 10.1 Å². The number of sulfonamides is 1. The molecule has 0 radical (unpaired) electrons. The molecule has 0 atom stereocenters. The number of nitro benzene ring substituents is 1. The fourth-order valence-corrected chi connectivity index (χ4v) is 2.56. The van der Waals surface area contributed by atoms with Gasteiger partial charge in [0.05, 0.1) is 16.8 Å². The second kappa shape index (κ2) is 5.09. The lowest BCUT2D eigenvalue weighted by molar-refractivity contribution is -0.385. The van der Waals surface area contributed by atoms with Gasteiger partial charge in [-0.25, -0.2) is 13.4 Å². The lowest BCUT2D eigenvalue weighted by atomic mass is 10.3. The van der Waals surface area contributed by atoms with E-state index < -0.39 is 19.8 Å². The molecule has 1 aromatic heterocycles. The average Bonchev–Trinajstić information content (AvgIpc) is 2.39. The Morgan fingerprint density at radius 1 is 1.30 bits per heavy atom. The molecule has 0 unspecified atom stereocenters. The van der Waals surface area contributed by atoms with Crippen molar-refractivity contribution in [2.75, 3.05) is 10.5 Å². The molecule has 0 bridgehead atoms. The highest BCUT2D eigenvalue weighted by atomic mass is 32.2. The molecule has 0 aliphatic carbocycles. The summed E-state index contributed by atoms with van der Waals surface area (Å²) in [6.07, 6.45) is 3.87. The molecule has 0 aliphatic heterocycles. The molecule has 2 aromatic rings. The molecular weight excluding hydrogens is 286 g/mol. The number of rotatable bonds is 4. The molecule has 0 fully saturated rings. The zero-order valence-electron chi connectivity index (χ0n) is 9.92. The van der Waals surface area contributed by atoms with Crippen LogP contribution in [0.15, 0.2) is 41.7 Å². The fourth-order valence-electron chi connectivity index (χ4n) is 1.41. The SMILES string of the molecule is Nc1ccc([N+](=O)[O-])cc1S(=O)(=O)Nc1cnccn1. The van der Waals surface area contributed by atoms with Crippen LogP contribution >= 0.6 is 0 Å². The fraction of sp³-hybridized carbons (Fsp3) is 0. The summed E-state index contributed by atoms with van der Waals surface area (Å²) in [5.41, 5.74) is 5.07. The highest BCUT2D eigenvalue weighted by Crippen LogP contribution is 2.25. The molecule has 10 heteroatoms. The van der Waals surface area contributed by atoms with Crippen molar-refractivity contribution in [2.45, 2.75) is 4.90 Å². The summed E-state index contributed by atoms with van der Waals surface area (Å²) in [4.78, 5) is 17.0. The van der Waals surface area contributed by atoms with E-state index in [2.05, 4.69) is 14.7 Å². The van der Waals surface area contributed by atoms with Gasteiger partial charge in [-0.15, -0.1) is 0 Å². The van der Waals surface area contributed by atoms with Crippen molar-refractivity contribution in [3.63, 3.8) is 0 Å². The summed E-state index contributed by atoms with van der Waals surface area (Å²) in [7, 11) is -4.08. The Bertz CT molecular complexity index is 747. The monoisotopic (exact) mass is 295 g/mol. The quantitative estimate of drug-likeness (QED) is 0.482. The van der Waals surface area contributed by atoms with Gasteiger partial charge in [0, 0.05) is 24.5 Å². The molecule has 20 heavy (non-hydrogen) atoms. The first-order valence-corrected chi connectivity index (χ1v) is 6.71. The topological polar surface area (TPSA) is 141 Å². The number of benzene rings is 1. The van der Waals surface area contributed by atoms with E-state index in [9.17, 15) is 18.5 Å². The molecule has 104 valence electrons. The predicted octanol–water partition coefficient (Wildman–Crippen LogP) is 0.768. The molecule has 0 amide bonds. The van der Waals surface area contributed by atoms with Gasteiger partial charge in [0.1, 0.15) is 4.90 Å². The minimum Gasteiger partial charge on any atom is -0.398 e. The minimum atomic E-state index is -4.08. The van der Waals surface area contributed by atoms with Gasteiger partial charge in [-0.2, -0.15) is 0 Å². The van der Waals surface area contributed by atoms with E-state index in [1.54, 1.807) is 0 Å². The lowest BCUT2D eigenvalue weighted by Gasteiger charge is -2.08. The summed E-state index contributed by atoms with van der Waals surface area (Å²) in [5, 5.41) is 10.7. The van der Waals surface area contributed by atoms with Crippen LogP contribution in [-0.4, -0.2) is 23.3 Å². The van der Waals surface area contributed by atoms with Crippen molar-refractivity contribution in [1.82, 2.24) is 9.97 Å². The highest BCUT2D eigenvalue weighted by Gasteiger charge is 2.21. The van der Waals surface area contributed by atoms with E-state index in [1.165, 1.54) is 18.6 Å². The zero-order valence-corrected chi connectivity index (χ0v) is 10.7. The molecule has 0 saturated heterocycles. The van der Waals surface area contributed by atoms with Crippen molar-refractivity contribution in [3.8, 4) is 0 Å². The molecule has 9 nitrogen and oxygen atoms in total. The summed E-state index contributed by atoms with van der Waals surface area (Å²) >= 11 is 0. The van der Waals surface area contributed by atoms with Gasteiger partial charge in [-0.1, -0.05) is 0 Å². The molecule has 0 spiro atoms. The lowest BCUT2D eigenvalue weighted by Crippen LogP contribution is -2.16. The number of nitrogens with zero attached hydrogens (tertiary/aromatic N) is 3. The van der Waals surface area contributed by atoms with Gasteiger partial charge in [-0.05, 0) is 6.07 Å². The number of nitrogen functional groups attached to an aromatic ring is 1. The third-order valence-electron chi connectivity index (χ3n) is 2.30. The number of non-ortho nitro benzene ring substituents is 1. The average molecular weight is 295 g/mol. The molecule has 0 aliphatic rings. The van der Waals surface area contributed by atoms with Crippen LogP contribution in [0.2, 0.25) is 0 Å². The van der Waals surface area contributed by atoms with Crippen LogP contribution in [0.4, 0.5) is 17.2 Å². The molecule has 1 heterocycles. The number of anilines is 2. The third kappa shape index (κ3) is 2.80. The Morgan fingerprint density at radius 3 is 2.65 bits per heavy atom. The Balaban J connectivity index is 2.44. The van der Waals surface area contributed by atoms with Gasteiger partial charge < -0.3 is 5.73 Å². The second-order valence-electron chi connectivity index (χ2n) is 3.68. The Kier molecular flexibility index (Phi) is 3.48. The Morgan fingerprint density at radius 2 is 2.05 bits per heavy atom. The van der Waals surface area contributed by atoms with Gasteiger partial charge >= 0.3 is 0 Å². The number of nitro groups is 1. The van der Waals surface area contributed by atoms with E-state index >= 15 is 0 Å². The van der Waals surface area contributed by atoms with Crippen LogP contribution in [0.5, 0.6) is 0 Å². The van der Waals surface area contributed by atoms with Crippen molar-refractivity contribution in [2.24, 2.45) is 0 Å². The highest BCUT2D eigenvalue weighted by molar-refractivity contribution is 7.92. The van der Waals surface area contributed by atoms with Gasteiger partial charge in [-0.3, -0.25) is 19.8 Å². The second-order valence-corrected chi connectivity index (χ2v) is 5.33. The van der Waals surface area contributed by atoms with Crippen LogP contribution in [0.25, 0.3) is 0 Å². The largest absolute Gasteiger partial charge is 0.398 e. The number of nitrogens with one attached hydrogen (secondary N) is 1. The van der Waals surface area contributed by atoms with E-state index in [0.29, 0.717) is 0 Å². The summed E-state index contributed by atoms with van der Waals surface area (Å²) in [6, 6.07) is 3.16. The number of hydrogen-bond acceptors (Lipinski definition) is 7. The first-order chi connectivity index (χ1) is 9.40. The number of hydrogen-bond donors (Lipinski definition) is 2. The minimum absolute atomic E-state index is 0.0154. The van der Waals surface area contributed by atoms with E-state index in [-0.39, 0.29) is 17.2 Å². The van der Waals surface area contributed by atoms with Crippen molar-refractivity contribution >= 4 is 27.2 Å². The van der Waals surface area contributed by atoms with E-state index in [4.69, 9.17) is 5.73 Å². The maximum Gasteiger partial charge on any atom is 0.270 e. The van der Waals surface area contributed by atoms with Crippen LogP contribution in [-0.2, 0) is 10.0 Å². The first-order valence-electron chi connectivity index (χ1n) is 5.23. The smallest absolute Gasteiger partial charge is 0.270 e. The van der Waals surface area contributed by atoms with E-state index in [0.717, 1.165) is 18.2 Å². The van der Waals surface area contributed by atoms with Crippen molar-refractivity contribution in [1.29, 1.82) is 0 Å². The molecular formula is C10H9N5O4S. The van der Waals surface area contributed by atoms with Gasteiger partial charge in [0.2, 0.25) is 0 Å². The van der Waals surface area contributed by atoms with Crippen molar-refractivity contribution in [3.05, 3.63) is 46.9 Å². The van der Waals surface area contributed by atoms with Crippen LogP contribution in [0.1, 0.15) is 0 Å². The van der Waals surface area contributed by atoms with Gasteiger partial charge in [0.15, 0.2) is 5.82 Å². The van der Waals surface area contributed by atoms with E-state index in [1.807, 2.05) is 0 Å². The summed E-state index contributed by atoms with van der Waals surface area (Å²) < 4.78 is 26.4. The predicted molar refractivity (Wildman–Crippen MR) is 70.3 cm³/mol. The number of nitrogens with two attached hydrogens (primary N) is 1. The third-order valence-corrected chi connectivity index (χ3v) is 3.71.